The zero-order valence-corrected chi connectivity index (χ0v) is 13.4. The third-order valence-electron chi connectivity index (χ3n) is 5.22. The fourth-order valence-corrected chi connectivity index (χ4v) is 3.74. The van der Waals surface area contributed by atoms with Crippen LogP contribution in [0.2, 0.25) is 0 Å². The van der Waals surface area contributed by atoms with Gasteiger partial charge in [0.2, 0.25) is 11.8 Å². The number of carbonyl (C=O) groups is 1. The Bertz CT molecular complexity index is 783. The van der Waals surface area contributed by atoms with Crippen LogP contribution in [0.5, 0.6) is 5.75 Å². The molecule has 3 heterocycles. The molecule has 1 aromatic heterocycles. The van der Waals surface area contributed by atoms with Crippen LogP contribution in [-0.4, -0.2) is 34.1 Å². The number of fused-ring (bicyclic) bond motifs is 1. The minimum absolute atomic E-state index is 0.0680. The van der Waals surface area contributed by atoms with Gasteiger partial charge in [-0.3, -0.25) is 4.79 Å². The van der Waals surface area contributed by atoms with Crippen molar-refractivity contribution in [2.45, 2.75) is 43.6 Å². The molecule has 1 amide bonds. The number of hydrogen-bond acceptors (Lipinski definition) is 5. The molecule has 2 fully saturated rings. The summed E-state index contributed by atoms with van der Waals surface area (Å²) in [6.07, 6.45) is 4.12. The molecule has 2 aliphatic heterocycles. The van der Waals surface area contributed by atoms with E-state index in [-0.39, 0.29) is 17.9 Å². The molecular weight excluding hydrogens is 306 g/mol. The van der Waals surface area contributed by atoms with Crippen molar-refractivity contribution in [1.29, 1.82) is 0 Å². The molecule has 124 valence electrons. The first-order valence-corrected chi connectivity index (χ1v) is 8.67. The number of benzene rings is 1. The highest BCUT2D eigenvalue weighted by atomic mass is 16.5. The van der Waals surface area contributed by atoms with Gasteiger partial charge in [0.05, 0.1) is 6.04 Å². The summed E-state index contributed by atoms with van der Waals surface area (Å²) in [7, 11) is 0. The van der Waals surface area contributed by atoms with Gasteiger partial charge in [-0.15, -0.1) is 0 Å². The van der Waals surface area contributed by atoms with Crippen molar-refractivity contribution in [2.75, 3.05) is 13.2 Å². The van der Waals surface area contributed by atoms with Crippen molar-refractivity contribution in [1.82, 2.24) is 15.0 Å². The van der Waals surface area contributed by atoms with Gasteiger partial charge in [-0.05, 0) is 31.7 Å². The van der Waals surface area contributed by atoms with Crippen LogP contribution < -0.4 is 4.74 Å². The van der Waals surface area contributed by atoms with Gasteiger partial charge < -0.3 is 14.2 Å². The highest BCUT2D eigenvalue weighted by Crippen LogP contribution is 2.41. The Kier molecular flexibility index (Phi) is 3.11. The summed E-state index contributed by atoms with van der Waals surface area (Å²) in [5.74, 6) is 2.54. The Morgan fingerprint density at radius 1 is 1.21 bits per heavy atom. The SMILES string of the molecule is O=C([C@H]1COc2ccccc21)N1CCC[C@H]1c1noc(C2CC2)n1. The summed E-state index contributed by atoms with van der Waals surface area (Å²) in [5.41, 5.74) is 0.986. The van der Waals surface area contributed by atoms with E-state index in [0.717, 1.165) is 49.4 Å². The lowest BCUT2D eigenvalue weighted by molar-refractivity contribution is -0.134. The van der Waals surface area contributed by atoms with Crippen molar-refractivity contribution < 1.29 is 14.1 Å². The van der Waals surface area contributed by atoms with E-state index in [9.17, 15) is 4.79 Å². The summed E-state index contributed by atoms with van der Waals surface area (Å²) in [4.78, 5) is 19.6. The van der Waals surface area contributed by atoms with Crippen LogP contribution in [0.25, 0.3) is 0 Å². The van der Waals surface area contributed by atoms with Crippen molar-refractivity contribution >= 4 is 5.91 Å². The van der Waals surface area contributed by atoms with Crippen LogP contribution in [0, 0.1) is 0 Å². The van der Waals surface area contributed by atoms with E-state index >= 15 is 0 Å². The smallest absolute Gasteiger partial charge is 0.234 e. The predicted molar refractivity (Wildman–Crippen MR) is 84.6 cm³/mol. The molecule has 0 spiro atoms. The molecular formula is C18H19N3O3. The maximum Gasteiger partial charge on any atom is 0.234 e. The fraction of sp³-hybridized carbons (Fsp3) is 0.500. The van der Waals surface area contributed by atoms with Crippen LogP contribution in [0.15, 0.2) is 28.8 Å². The number of ether oxygens (including phenoxy) is 1. The van der Waals surface area contributed by atoms with Gasteiger partial charge in [0, 0.05) is 18.0 Å². The second kappa shape index (κ2) is 5.33. The van der Waals surface area contributed by atoms with E-state index in [1.54, 1.807) is 0 Å². The molecule has 0 N–H and O–H groups in total. The number of para-hydroxylation sites is 1. The Morgan fingerprint density at radius 2 is 2.08 bits per heavy atom. The molecule has 24 heavy (non-hydrogen) atoms. The Balaban J connectivity index is 1.40. The highest BCUT2D eigenvalue weighted by Gasteiger charge is 2.40. The van der Waals surface area contributed by atoms with E-state index in [0.29, 0.717) is 18.3 Å². The van der Waals surface area contributed by atoms with Crippen LogP contribution in [0.4, 0.5) is 0 Å². The topological polar surface area (TPSA) is 68.5 Å². The molecule has 2 aromatic rings. The number of hydrogen-bond donors (Lipinski definition) is 0. The average Bonchev–Trinajstić information content (AvgIpc) is 3.06. The van der Waals surface area contributed by atoms with E-state index in [2.05, 4.69) is 10.1 Å². The average molecular weight is 325 g/mol. The molecule has 1 saturated carbocycles. The van der Waals surface area contributed by atoms with Crippen LogP contribution in [-0.2, 0) is 4.79 Å². The molecule has 1 aromatic carbocycles. The quantitative estimate of drug-likeness (QED) is 0.868. The lowest BCUT2D eigenvalue weighted by Crippen LogP contribution is -2.35. The van der Waals surface area contributed by atoms with E-state index in [1.807, 2.05) is 29.2 Å². The number of amides is 1. The molecule has 3 aliphatic rings. The molecule has 6 nitrogen and oxygen atoms in total. The van der Waals surface area contributed by atoms with Crippen molar-refractivity contribution in [3.8, 4) is 5.75 Å². The van der Waals surface area contributed by atoms with Crippen LogP contribution in [0.1, 0.15) is 60.8 Å². The molecule has 0 radical (unpaired) electrons. The first-order valence-electron chi connectivity index (χ1n) is 8.67. The molecule has 5 rings (SSSR count). The Morgan fingerprint density at radius 3 is 2.96 bits per heavy atom. The Hall–Kier alpha value is -2.37. The monoisotopic (exact) mass is 325 g/mol. The fourth-order valence-electron chi connectivity index (χ4n) is 3.74. The van der Waals surface area contributed by atoms with Crippen LogP contribution in [0.3, 0.4) is 0 Å². The normalized spacial score (nSPS) is 25.6. The molecule has 6 heteroatoms. The number of nitrogens with zero attached hydrogens (tertiary/aromatic N) is 3. The number of carbonyl (C=O) groups excluding carboxylic acids is 1. The van der Waals surface area contributed by atoms with Crippen LogP contribution >= 0.6 is 0 Å². The maximum absolute atomic E-state index is 13.1. The second-order valence-electron chi connectivity index (χ2n) is 6.86. The zero-order valence-electron chi connectivity index (χ0n) is 13.4. The number of likely N-dealkylation sites (tertiary alicyclic amines) is 1. The van der Waals surface area contributed by atoms with Gasteiger partial charge in [-0.25, -0.2) is 0 Å². The summed E-state index contributed by atoms with van der Waals surface area (Å²) < 4.78 is 11.1. The summed E-state index contributed by atoms with van der Waals surface area (Å²) in [5, 5.41) is 4.15. The van der Waals surface area contributed by atoms with E-state index < -0.39 is 0 Å². The molecule has 0 unspecified atom stereocenters. The van der Waals surface area contributed by atoms with Gasteiger partial charge in [0.1, 0.15) is 18.3 Å². The summed E-state index contributed by atoms with van der Waals surface area (Å²) in [6.45, 7) is 1.16. The maximum atomic E-state index is 13.1. The minimum Gasteiger partial charge on any atom is -0.492 e. The van der Waals surface area contributed by atoms with Gasteiger partial charge in [0.25, 0.3) is 0 Å². The standard InChI is InChI=1S/C18H19N3O3/c22-18(13-10-23-15-6-2-1-4-12(13)15)21-9-3-5-14(21)16-19-17(24-20-16)11-7-8-11/h1-2,4,6,11,13-14H,3,5,7-10H2/t13-,14-/m0/s1. The first-order chi connectivity index (χ1) is 11.8. The predicted octanol–water partition coefficient (Wildman–Crippen LogP) is 2.79. The molecule has 1 aliphatic carbocycles. The third kappa shape index (κ3) is 2.20. The highest BCUT2D eigenvalue weighted by molar-refractivity contribution is 5.86. The van der Waals surface area contributed by atoms with Crippen molar-refractivity contribution in [3.63, 3.8) is 0 Å². The number of aromatic nitrogens is 2. The second-order valence-corrected chi connectivity index (χ2v) is 6.86. The molecule has 2 atom stereocenters. The van der Waals surface area contributed by atoms with Crippen molar-refractivity contribution in [2.24, 2.45) is 0 Å². The van der Waals surface area contributed by atoms with Gasteiger partial charge >= 0.3 is 0 Å². The summed E-state index contributed by atoms with van der Waals surface area (Å²) >= 11 is 0. The van der Waals surface area contributed by atoms with Crippen molar-refractivity contribution in [3.05, 3.63) is 41.5 Å². The van der Waals surface area contributed by atoms with E-state index in [1.165, 1.54) is 0 Å². The van der Waals surface area contributed by atoms with Gasteiger partial charge in [-0.1, -0.05) is 23.4 Å². The number of rotatable bonds is 3. The lowest BCUT2D eigenvalue weighted by Gasteiger charge is -2.25. The Labute approximate surface area is 139 Å². The lowest BCUT2D eigenvalue weighted by atomic mass is 9.99. The molecule has 1 saturated heterocycles. The van der Waals surface area contributed by atoms with Gasteiger partial charge in [-0.2, -0.15) is 4.98 Å². The van der Waals surface area contributed by atoms with E-state index in [4.69, 9.17) is 9.26 Å². The third-order valence-corrected chi connectivity index (χ3v) is 5.22. The zero-order chi connectivity index (χ0) is 16.1. The molecule has 0 bridgehead atoms. The summed E-state index contributed by atoms with van der Waals surface area (Å²) in [6, 6.07) is 7.72. The first kappa shape index (κ1) is 14.0. The largest absolute Gasteiger partial charge is 0.492 e. The van der Waals surface area contributed by atoms with Gasteiger partial charge in [0.15, 0.2) is 5.82 Å². The minimum atomic E-state index is -0.225.